The van der Waals surface area contributed by atoms with Crippen molar-refractivity contribution in [2.45, 2.75) is 26.4 Å². The van der Waals surface area contributed by atoms with E-state index in [-0.39, 0.29) is 0 Å². The Bertz CT molecular complexity index is 680. The van der Waals surface area contributed by atoms with Crippen molar-refractivity contribution < 1.29 is 0 Å². The molecule has 2 aromatic heterocycles. The molecule has 0 aliphatic rings. The highest BCUT2D eigenvalue weighted by Gasteiger charge is 2.02. The lowest BCUT2D eigenvalue weighted by atomic mass is 10.1. The van der Waals surface area contributed by atoms with E-state index in [4.69, 9.17) is 0 Å². The highest BCUT2D eigenvalue weighted by Crippen LogP contribution is 2.19. The summed E-state index contributed by atoms with van der Waals surface area (Å²) in [6, 6.07) is 8.69. The zero-order chi connectivity index (χ0) is 14.7. The number of nitrogens with one attached hydrogen (secondary N) is 2. The van der Waals surface area contributed by atoms with Crippen LogP contribution in [-0.4, -0.2) is 19.7 Å². The van der Waals surface area contributed by atoms with Gasteiger partial charge in [-0.1, -0.05) is 12.1 Å². The third-order valence-electron chi connectivity index (χ3n) is 3.37. The zero-order valence-electron chi connectivity index (χ0n) is 12.2. The average molecular weight is 281 g/mol. The van der Waals surface area contributed by atoms with Crippen LogP contribution in [0.5, 0.6) is 0 Å². The lowest BCUT2D eigenvalue weighted by Gasteiger charge is -2.06. The SMILES string of the molecule is CC(C)n1cc(CNc2ccc(-c3cnc[nH]3)cc2)cn1. The van der Waals surface area contributed by atoms with Gasteiger partial charge in [0.15, 0.2) is 0 Å². The van der Waals surface area contributed by atoms with Crippen molar-refractivity contribution in [3.05, 3.63) is 54.7 Å². The maximum absolute atomic E-state index is 4.34. The summed E-state index contributed by atoms with van der Waals surface area (Å²) in [6.45, 7) is 5.02. The summed E-state index contributed by atoms with van der Waals surface area (Å²) in [7, 11) is 0. The van der Waals surface area contributed by atoms with Gasteiger partial charge in [-0.25, -0.2) is 4.98 Å². The average Bonchev–Trinajstić information content (AvgIpc) is 3.17. The first-order valence-electron chi connectivity index (χ1n) is 7.08. The molecule has 0 aliphatic carbocycles. The van der Waals surface area contributed by atoms with Gasteiger partial charge in [0.1, 0.15) is 0 Å². The quantitative estimate of drug-likeness (QED) is 0.753. The number of hydrogen-bond donors (Lipinski definition) is 2. The second kappa shape index (κ2) is 5.83. The molecule has 0 spiro atoms. The largest absolute Gasteiger partial charge is 0.381 e. The number of aromatic amines is 1. The van der Waals surface area contributed by atoms with Gasteiger partial charge in [-0.15, -0.1) is 0 Å². The molecule has 0 saturated heterocycles. The van der Waals surface area contributed by atoms with Crippen molar-refractivity contribution in [2.75, 3.05) is 5.32 Å². The molecule has 0 unspecified atom stereocenters. The van der Waals surface area contributed by atoms with Crippen molar-refractivity contribution in [3.63, 3.8) is 0 Å². The third-order valence-corrected chi connectivity index (χ3v) is 3.37. The number of imidazole rings is 1. The Kier molecular flexibility index (Phi) is 3.73. The van der Waals surface area contributed by atoms with Crippen LogP contribution in [0, 0.1) is 0 Å². The number of benzene rings is 1. The van der Waals surface area contributed by atoms with Crippen LogP contribution in [-0.2, 0) is 6.54 Å². The summed E-state index contributed by atoms with van der Waals surface area (Å²) < 4.78 is 1.97. The van der Waals surface area contributed by atoms with Gasteiger partial charge >= 0.3 is 0 Å². The van der Waals surface area contributed by atoms with Gasteiger partial charge in [-0.2, -0.15) is 5.10 Å². The normalized spacial score (nSPS) is 11.0. The predicted molar refractivity (Wildman–Crippen MR) is 84.0 cm³/mol. The number of aromatic nitrogens is 4. The number of hydrogen-bond acceptors (Lipinski definition) is 3. The molecule has 2 heterocycles. The van der Waals surface area contributed by atoms with Crippen LogP contribution in [0.3, 0.4) is 0 Å². The number of nitrogens with zero attached hydrogens (tertiary/aromatic N) is 3. The molecule has 3 rings (SSSR count). The van der Waals surface area contributed by atoms with Crippen molar-refractivity contribution in [1.29, 1.82) is 0 Å². The molecule has 108 valence electrons. The van der Waals surface area contributed by atoms with E-state index < -0.39 is 0 Å². The van der Waals surface area contributed by atoms with Crippen molar-refractivity contribution >= 4 is 5.69 Å². The highest BCUT2D eigenvalue weighted by molar-refractivity contribution is 5.61. The van der Waals surface area contributed by atoms with E-state index >= 15 is 0 Å². The minimum absolute atomic E-state index is 0.396. The molecule has 0 bridgehead atoms. The van der Waals surface area contributed by atoms with Gasteiger partial charge in [0.25, 0.3) is 0 Å². The van der Waals surface area contributed by atoms with E-state index in [1.54, 1.807) is 6.33 Å². The second-order valence-electron chi connectivity index (χ2n) is 5.32. The summed E-state index contributed by atoms with van der Waals surface area (Å²) in [5, 5.41) is 7.75. The second-order valence-corrected chi connectivity index (χ2v) is 5.32. The molecule has 21 heavy (non-hydrogen) atoms. The highest BCUT2D eigenvalue weighted by atomic mass is 15.3. The molecule has 1 aromatic carbocycles. The minimum Gasteiger partial charge on any atom is -0.381 e. The molecule has 2 N–H and O–H groups in total. The Labute approximate surface area is 124 Å². The first-order chi connectivity index (χ1) is 10.2. The van der Waals surface area contributed by atoms with E-state index in [1.807, 2.05) is 17.1 Å². The fraction of sp³-hybridized carbons (Fsp3) is 0.250. The Hall–Kier alpha value is -2.56. The molecule has 5 heteroatoms. The number of anilines is 1. The molecule has 5 nitrogen and oxygen atoms in total. The Morgan fingerprint density at radius 2 is 2.00 bits per heavy atom. The van der Waals surface area contributed by atoms with Crippen LogP contribution >= 0.6 is 0 Å². The van der Waals surface area contributed by atoms with Crippen molar-refractivity contribution in [3.8, 4) is 11.3 Å². The smallest absolute Gasteiger partial charge is 0.0924 e. The Balaban J connectivity index is 1.62. The molecule has 0 radical (unpaired) electrons. The molecule has 0 aliphatic heterocycles. The van der Waals surface area contributed by atoms with Crippen LogP contribution in [0.4, 0.5) is 5.69 Å². The van der Waals surface area contributed by atoms with Crippen LogP contribution in [0.15, 0.2) is 49.2 Å². The fourth-order valence-corrected chi connectivity index (χ4v) is 2.14. The third kappa shape index (κ3) is 3.13. The first-order valence-corrected chi connectivity index (χ1v) is 7.08. The summed E-state index contributed by atoms with van der Waals surface area (Å²) in [6.07, 6.45) is 7.50. The summed E-state index contributed by atoms with van der Waals surface area (Å²) >= 11 is 0. The minimum atomic E-state index is 0.396. The molecule has 0 amide bonds. The number of rotatable bonds is 5. The van der Waals surface area contributed by atoms with Gasteiger partial charge in [0.2, 0.25) is 0 Å². The maximum Gasteiger partial charge on any atom is 0.0924 e. The van der Waals surface area contributed by atoms with E-state index in [1.165, 1.54) is 5.56 Å². The van der Waals surface area contributed by atoms with Crippen LogP contribution in [0.2, 0.25) is 0 Å². The standard InChI is InChI=1S/C16H19N5/c1-12(2)21-10-13(8-20-21)7-18-15-5-3-14(4-6-15)16-9-17-11-19-16/h3-6,8-12,18H,7H2,1-2H3,(H,17,19). The molecule has 0 saturated carbocycles. The van der Waals surface area contributed by atoms with Crippen molar-refractivity contribution in [1.82, 2.24) is 19.7 Å². The van der Waals surface area contributed by atoms with E-state index in [2.05, 4.69) is 64.7 Å². The lowest BCUT2D eigenvalue weighted by Crippen LogP contribution is -2.01. The summed E-state index contributed by atoms with van der Waals surface area (Å²) in [5.74, 6) is 0. The Morgan fingerprint density at radius 3 is 2.62 bits per heavy atom. The van der Waals surface area contributed by atoms with E-state index in [0.717, 1.165) is 23.5 Å². The van der Waals surface area contributed by atoms with Gasteiger partial charge in [0.05, 0.1) is 24.4 Å². The van der Waals surface area contributed by atoms with E-state index in [0.29, 0.717) is 6.04 Å². The monoisotopic (exact) mass is 281 g/mol. The molecule has 3 aromatic rings. The van der Waals surface area contributed by atoms with Crippen LogP contribution in [0.1, 0.15) is 25.5 Å². The van der Waals surface area contributed by atoms with Gasteiger partial charge in [-0.05, 0) is 31.5 Å². The Morgan fingerprint density at radius 1 is 1.19 bits per heavy atom. The fourth-order valence-electron chi connectivity index (χ4n) is 2.14. The molecule has 0 atom stereocenters. The maximum atomic E-state index is 4.34. The molecular weight excluding hydrogens is 262 g/mol. The predicted octanol–water partition coefficient (Wildman–Crippen LogP) is 3.47. The summed E-state index contributed by atoms with van der Waals surface area (Å²) in [5.41, 5.74) is 4.43. The molecular formula is C16H19N5. The van der Waals surface area contributed by atoms with Crippen LogP contribution in [0.25, 0.3) is 11.3 Å². The first kappa shape index (κ1) is 13.4. The topological polar surface area (TPSA) is 58.5 Å². The molecule has 0 fully saturated rings. The van der Waals surface area contributed by atoms with Gasteiger partial charge in [-0.3, -0.25) is 4.68 Å². The lowest BCUT2D eigenvalue weighted by molar-refractivity contribution is 0.532. The van der Waals surface area contributed by atoms with Gasteiger partial charge < -0.3 is 10.3 Å². The van der Waals surface area contributed by atoms with Crippen molar-refractivity contribution in [2.24, 2.45) is 0 Å². The van der Waals surface area contributed by atoms with E-state index in [9.17, 15) is 0 Å². The van der Waals surface area contributed by atoms with Gasteiger partial charge in [0, 0.05) is 30.0 Å². The zero-order valence-corrected chi connectivity index (χ0v) is 12.2. The summed E-state index contributed by atoms with van der Waals surface area (Å²) in [4.78, 5) is 7.13. The van der Waals surface area contributed by atoms with Crippen LogP contribution < -0.4 is 5.32 Å². The number of H-pyrrole nitrogens is 1.